The van der Waals surface area contributed by atoms with E-state index in [9.17, 15) is 0 Å². The SMILES string of the molecule is Clc1ccc(-c2[nH]nc3c2Cc2ccccc2-3)cc1. The highest BCUT2D eigenvalue weighted by molar-refractivity contribution is 6.30. The molecule has 1 aliphatic rings. The summed E-state index contributed by atoms with van der Waals surface area (Å²) in [5.41, 5.74) is 7.19. The molecule has 0 unspecified atom stereocenters. The summed E-state index contributed by atoms with van der Waals surface area (Å²) in [6.45, 7) is 0. The van der Waals surface area contributed by atoms with Gasteiger partial charge in [0, 0.05) is 22.6 Å². The van der Waals surface area contributed by atoms with Gasteiger partial charge in [0.2, 0.25) is 0 Å². The predicted molar refractivity (Wildman–Crippen MR) is 77.3 cm³/mol. The van der Waals surface area contributed by atoms with Gasteiger partial charge in [-0.05, 0) is 23.3 Å². The number of benzene rings is 2. The first-order valence-electron chi connectivity index (χ1n) is 6.24. The third-order valence-corrected chi connectivity index (χ3v) is 3.89. The fourth-order valence-corrected chi connectivity index (χ4v) is 2.84. The van der Waals surface area contributed by atoms with Crippen LogP contribution in [-0.4, -0.2) is 10.2 Å². The van der Waals surface area contributed by atoms with Crippen LogP contribution >= 0.6 is 11.6 Å². The zero-order valence-corrected chi connectivity index (χ0v) is 10.9. The molecule has 2 nitrogen and oxygen atoms in total. The van der Waals surface area contributed by atoms with Gasteiger partial charge in [-0.1, -0.05) is 48.0 Å². The normalized spacial score (nSPS) is 12.3. The molecule has 1 N–H and O–H groups in total. The number of H-pyrrole nitrogens is 1. The summed E-state index contributed by atoms with van der Waals surface area (Å²) in [5, 5.41) is 8.39. The lowest BCUT2D eigenvalue weighted by molar-refractivity contribution is 1.09. The summed E-state index contributed by atoms with van der Waals surface area (Å²) in [4.78, 5) is 0. The van der Waals surface area contributed by atoms with Crippen LogP contribution < -0.4 is 0 Å². The lowest BCUT2D eigenvalue weighted by Gasteiger charge is -2.01. The molecule has 1 aliphatic carbocycles. The fraction of sp³-hybridized carbons (Fsp3) is 0.0625. The van der Waals surface area contributed by atoms with Gasteiger partial charge >= 0.3 is 0 Å². The molecule has 3 heteroatoms. The molecule has 92 valence electrons. The van der Waals surface area contributed by atoms with Gasteiger partial charge in [-0.3, -0.25) is 5.10 Å². The van der Waals surface area contributed by atoms with Crippen molar-refractivity contribution in [3.05, 3.63) is 64.7 Å². The van der Waals surface area contributed by atoms with Crippen LogP contribution in [0, 0.1) is 0 Å². The van der Waals surface area contributed by atoms with E-state index in [0.29, 0.717) is 0 Å². The quantitative estimate of drug-likeness (QED) is 0.547. The maximum atomic E-state index is 5.94. The third-order valence-electron chi connectivity index (χ3n) is 3.64. The number of nitrogens with one attached hydrogen (secondary N) is 1. The molecule has 1 aromatic heterocycles. The number of hydrogen-bond donors (Lipinski definition) is 1. The molecule has 0 atom stereocenters. The molecular formula is C16H11ClN2. The second-order valence-corrected chi connectivity index (χ2v) is 5.20. The van der Waals surface area contributed by atoms with Crippen LogP contribution in [0.15, 0.2) is 48.5 Å². The van der Waals surface area contributed by atoms with E-state index < -0.39 is 0 Å². The smallest absolute Gasteiger partial charge is 0.0965 e. The van der Waals surface area contributed by atoms with Crippen molar-refractivity contribution in [2.24, 2.45) is 0 Å². The predicted octanol–water partition coefficient (Wildman–Crippen LogP) is 4.30. The molecule has 0 saturated heterocycles. The van der Waals surface area contributed by atoms with E-state index in [1.165, 1.54) is 16.7 Å². The Kier molecular flexibility index (Phi) is 2.26. The van der Waals surface area contributed by atoms with Gasteiger partial charge < -0.3 is 0 Å². The minimum atomic E-state index is 0.753. The monoisotopic (exact) mass is 266 g/mol. The Morgan fingerprint density at radius 1 is 1.00 bits per heavy atom. The molecule has 3 aromatic rings. The molecule has 0 radical (unpaired) electrons. The van der Waals surface area contributed by atoms with E-state index in [1.807, 2.05) is 24.3 Å². The number of nitrogens with zero attached hydrogens (tertiary/aromatic N) is 1. The molecule has 0 fully saturated rings. The zero-order valence-electron chi connectivity index (χ0n) is 10.2. The van der Waals surface area contributed by atoms with Crippen LogP contribution in [-0.2, 0) is 6.42 Å². The van der Waals surface area contributed by atoms with Gasteiger partial charge in [-0.15, -0.1) is 0 Å². The van der Waals surface area contributed by atoms with E-state index in [1.54, 1.807) is 0 Å². The van der Waals surface area contributed by atoms with E-state index in [2.05, 4.69) is 34.5 Å². The number of aromatic amines is 1. The van der Waals surface area contributed by atoms with E-state index in [-0.39, 0.29) is 0 Å². The molecule has 4 rings (SSSR count). The van der Waals surface area contributed by atoms with Crippen molar-refractivity contribution in [3.8, 4) is 22.5 Å². The van der Waals surface area contributed by atoms with Crippen LogP contribution in [0.4, 0.5) is 0 Å². The summed E-state index contributed by atoms with van der Waals surface area (Å²) >= 11 is 5.94. The van der Waals surface area contributed by atoms with Gasteiger partial charge in [0.25, 0.3) is 0 Å². The highest BCUT2D eigenvalue weighted by Crippen LogP contribution is 2.39. The molecule has 0 saturated carbocycles. The van der Waals surface area contributed by atoms with Gasteiger partial charge in [0.15, 0.2) is 0 Å². The fourth-order valence-electron chi connectivity index (χ4n) is 2.71. The summed E-state index contributed by atoms with van der Waals surface area (Å²) in [6, 6.07) is 16.3. The van der Waals surface area contributed by atoms with Gasteiger partial charge in [-0.2, -0.15) is 5.10 Å². The van der Waals surface area contributed by atoms with E-state index in [0.717, 1.165) is 28.4 Å². The van der Waals surface area contributed by atoms with Crippen molar-refractivity contribution in [1.29, 1.82) is 0 Å². The average Bonchev–Trinajstić information content (AvgIpc) is 2.98. The summed E-state index contributed by atoms with van der Waals surface area (Å²) in [7, 11) is 0. The number of hydrogen-bond acceptors (Lipinski definition) is 1. The van der Waals surface area contributed by atoms with Crippen LogP contribution in [0.1, 0.15) is 11.1 Å². The topological polar surface area (TPSA) is 28.7 Å². The second-order valence-electron chi connectivity index (χ2n) is 4.77. The van der Waals surface area contributed by atoms with Crippen molar-refractivity contribution in [2.45, 2.75) is 6.42 Å². The molecule has 2 aromatic carbocycles. The summed E-state index contributed by atoms with van der Waals surface area (Å²) in [5.74, 6) is 0. The molecule has 0 bridgehead atoms. The lowest BCUT2D eigenvalue weighted by atomic mass is 10.1. The van der Waals surface area contributed by atoms with Crippen molar-refractivity contribution in [2.75, 3.05) is 0 Å². The van der Waals surface area contributed by atoms with Crippen LogP contribution in [0.3, 0.4) is 0 Å². The van der Waals surface area contributed by atoms with Crippen LogP contribution in [0.5, 0.6) is 0 Å². The Hall–Kier alpha value is -2.06. The molecule has 0 amide bonds. The first kappa shape index (κ1) is 10.8. The number of fused-ring (bicyclic) bond motifs is 3. The Labute approximate surface area is 116 Å². The van der Waals surface area contributed by atoms with Crippen LogP contribution in [0.2, 0.25) is 5.02 Å². The lowest BCUT2D eigenvalue weighted by Crippen LogP contribution is -1.86. The number of rotatable bonds is 1. The highest BCUT2D eigenvalue weighted by Gasteiger charge is 2.24. The van der Waals surface area contributed by atoms with Crippen molar-refractivity contribution in [3.63, 3.8) is 0 Å². The Balaban J connectivity index is 1.87. The molecule has 1 heterocycles. The van der Waals surface area contributed by atoms with Crippen molar-refractivity contribution < 1.29 is 0 Å². The molecular weight excluding hydrogens is 256 g/mol. The summed E-state index contributed by atoms with van der Waals surface area (Å²) < 4.78 is 0. The molecule has 0 spiro atoms. The third kappa shape index (κ3) is 1.60. The maximum Gasteiger partial charge on any atom is 0.0965 e. The van der Waals surface area contributed by atoms with Gasteiger partial charge in [-0.25, -0.2) is 0 Å². The Morgan fingerprint density at radius 3 is 2.63 bits per heavy atom. The standard InChI is InChI=1S/C16H11ClN2/c17-12-7-5-10(6-8-12)15-14-9-11-3-1-2-4-13(11)16(14)19-18-15/h1-8H,9H2,(H,18,19). The minimum absolute atomic E-state index is 0.753. The molecule has 0 aliphatic heterocycles. The molecule has 19 heavy (non-hydrogen) atoms. The Morgan fingerprint density at radius 2 is 1.79 bits per heavy atom. The first-order valence-corrected chi connectivity index (χ1v) is 6.62. The summed E-state index contributed by atoms with van der Waals surface area (Å²) in [6.07, 6.45) is 0.944. The second kappa shape index (κ2) is 3.97. The number of halogens is 1. The average molecular weight is 267 g/mol. The van der Waals surface area contributed by atoms with Crippen molar-refractivity contribution in [1.82, 2.24) is 10.2 Å². The Bertz CT molecular complexity index is 757. The maximum absolute atomic E-state index is 5.94. The van der Waals surface area contributed by atoms with Gasteiger partial charge in [0.1, 0.15) is 0 Å². The largest absolute Gasteiger partial charge is 0.277 e. The zero-order chi connectivity index (χ0) is 12.8. The van der Waals surface area contributed by atoms with E-state index >= 15 is 0 Å². The van der Waals surface area contributed by atoms with Gasteiger partial charge in [0.05, 0.1) is 11.4 Å². The first-order chi connectivity index (χ1) is 9.33. The minimum Gasteiger partial charge on any atom is -0.277 e. The number of aromatic nitrogens is 2. The van der Waals surface area contributed by atoms with E-state index in [4.69, 9.17) is 11.6 Å². The highest BCUT2D eigenvalue weighted by atomic mass is 35.5. The van der Waals surface area contributed by atoms with Crippen LogP contribution in [0.25, 0.3) is 22.5 Å². The van der Waals surface area contributed by atoms with Crippen molar-refractivity contribution >= 4 is 11.6 Å².